The van der Waals surface area contributed by atoms with Gasteiger partial charge < -0.3 is 10.1 Å². The van der Waals surface area contributed by atoms with Gasteiger partial charge in [-0.2, -0.15) is 13.2 Å². The number of rotatable bonds is 1. The molecule has 1 saturated heterocycles. The van der Waals surface area contributed by atoms with Crippen LogP contribution in [0, 0.1) is 5.82 Å². The first-order valence-electron chi connectivity index (χ1n) is 4.67. The lowest BCUT2D eigenvalue weighted by Crippen LogP contribution is -2.19. The summed E-state index contributed by atoms with van der Waals surface area (Å²) in [6.45, 7) is -0.112. The molecule has 0 bridgehead atoms. The highest BCUT2D eigenvalue weighted by Gasteiger charge is 2.33. The number of halogens is 5. The van der Waals surface area contributed by atoms with Gasteiger partial charge >= 0.3 is 12.3 Å². The third kappa shape index (κ3) is 3.04. The van der Waals surface area contributed by atoms with Gasteiger partial charge in [0, 0.05) is 0 Å². The van der Waals surface area contributed by atoms with Crippen LogP contribution in [0.15, 0.2) is 18.2 Å². The first-order valence-corrected chi connectivity index (χ1v) is 4.67. The minimum atomic E-state index is -4.62. The van der Waals surface area contributed by atoms with Crippen molar-refractivity contribution >= 4 is 18.5 Å². The summed E-state index contributed by atoms with van der Waals surface area (Å²) in [5.74, 6) is -1.00. The van der Waals surface area contributed by atoms with E-state index >= 15 is 0 Å². The Kier molecular flexibility index (Phi) is 4.05. The van der Waals surface area contributed by atoms with Crippen LogP contribution in [0.5, 0.6) is 0 Å². The number of carbonyl (C=O) groups excluding carboxylic acids is 1. The van der Waals surface area contributed by atoms with Gasteiger partial charge in [0.1, 0.15) is 12.4 Å². The molecule has 0 aromatic heterocycles. The fourth-order valence-electron chi connectivity index (χ4n) is 1.54. The van der Waals surface area contributed by atoms with Crippen LogP contribution in [0.4, 0.5) is 22.4 Å². The van der Waals surface area contributed by atoms with E-state index < -0.39 is 29.7 Å². The summed E-state index contributed by atoms with van der Waals surface area (Å²) in [5, 5.41) is 2.28. The Morgan fingerprint density at radius 3 is 2.44 bits per heavy atom. The zero-order valence-electron chi connectivity index (χ0n) is 8.75. The molecule has 0 saturated carbocycles. The molecule has 3 nitrogen and oxygen atoms in total. The van der Waals surface area contributed by atoms with Gasteiger partial charge in [0.25, 0.3) is 0 Å². The standard InChI is InChI=1S/C10H7F4NO2.ClH/c11-7-2-5(8-4-17-9(16)15-8)1-6(3-7)10(12,13)14;/h1-3,8H,4H2,(H,15,16);1H/t8-;/m1./s1. The average Bonchev–Trinajstić information content (AvgIpc) is 2.62. The monoisotopic (exact) mass is 285 g/mol. The van der Waals surface area contributed by atoms with Gasteiger partial charge in [-0.1, -0.05) is 0 Å². The van der Waals surface area contributed by atoms with Gasteiger partial charge in [0.2, 0.25) is 0 Å². The van der Waals surface area contributed by atoms with E-state index in [0.717, 1.165) is 12.1 Å². The Hall–Kier alpha value is -1.50. The highest BCUT2D eigenvalue weighted by Crippen LogP contribution is 2.32. The molecule has 0 unspecified atom stereocenters. The van der Waals surface area contributed by atoms with E-state index in [1.165, 1.54) is 0 Å². The smallest absolute Gasteiger partial charge is 0.416 e. The molecule has 1 aromatic rings. The molecule has 1 aliphatic rings. The first-order chi connectivity index (χ1) is 7.86. The highest BCUT2D eigenvalue weighted by molar-refractivity contribution is 5.85. The van der Waals surface area contributed by atoms with Gasteiger partial charge in [-0.05, 0) is 23.8 Å². The summed E-state index contributed by atoms with van der Waals surface area (Å²) in [6, 6.07) is 1.39. The summed E-state index contributed by atoms with van der Waals surface area (Å²) in [4.78, 5) is 10.7. The summed E-state index contributed by atoms with van der Waals surface area (Å²) in [6.07, 6.45) is -5.35. The van der Waals surface area contributed by atoms with Crippen molar-refractivity contribution in [3.05, 3.63) is 35.1 Å². The van der Waals surface area contributed by atoms with E-state index in [9.17, 15) is 22.4 Å². The van der Waals surface area contributed by atoms with Crippen LogP contribution in [-0.2, 0) is 10.9 Å². The number of hydrogen-bond acceptors (Lipinski definition) is 2. The van der Waals surface area contributed by atoms with E-state index in [4.69, 9.17) is 0 Å². The van der Waals surface area contributed by atoms with Crippen molar-refractivity contribution in [3.8, 4) is 0 Å². The molecule has 1 aliphatic heterocycles. The second kappa shape index (κ2) is 5.01. The Morgan fingerprint density at radius 2 is 1.94 bits per heavy atom. The lowest BCUT2D eigenvalue weighted by Gasteiger charge is -2.12. The van der Waals surface area contributed by atoms with E-state index in [0.29, 0.717) is 6.07 Å². The van der Waals surface area contributed by atoms with Crippen LogP contribution in [0.2, 0.25) is 0 Å². The van der Waals surface area contributed by atoms with Crippen molar-refractivity contribution in [2.75, 3.05) is 6.61 Å². The van der Waals surface area contributed by atoms with E-state index in [-0.39, 0.29) is 24.6 Å². The minimum absolute atomic E-state index is 0. The highest BCUT2D eigenvalue weighted by atomic mass is 35.5. The maximum Gasteiger partial charge on any atom is 0.416 e. The normalized spacial score (nSPS) is 18.9. The fraction of sp³-hybridized carbons (Fsp3) is 0.300. The number of ether oxygens (including phenoxy) is 1. The molecular formula is C10H8ClF4NO2. The number of alkyl halides is 3. The molecular weight excluding hydrogens is 278 g/mol. The molecule has 8 heteroatoms. The Balaban J connectivity index is 0.00000162. The maximum atomic E-state index is 13.1. The first kappa shape index (κ1) is 14.6. The van der Waals surface area contributed by atoms with Crippen LogP contribution in [-0.4, -0.2) is 12.7 Å². The average molecular weight is 286 g/mol. The molecule has 100 valence electrons. The largest absolute Gasteiger partial charge is 0.447 e. The van der Waals surface area contributed by atoms with E-state index in [1.54, 1.807) is 0 Å². The predicted molar refractivity (Wildman–Crippen MR) is 55.9 cm³/mol. The third-order valence-corrected chi connectivity index (χ3v) is 2.32. The second-order valence-electron chi connectivity index (χ2n) is 3.57. The zero-order chi connectivity index (χ0) is 12.6. The van der Waals surface area contributed by atoms with Crippen molar-refractivity contribution in [1.82, 2.24) is 5.32 Å². The molecule has 0 radical (unpaired) electrons. The summed E-state index contributed by atoms with van der Waals surface area (Å²) >= 11 is 0. The van der Waals surface area contributed by atoms with Crippen molar-refractivity contribution in [2.24, 2.45) is 0 Å². The molecule has 0 aliphatic carbocycles. The van der Waals surface area contributed by atoms with Gasteiger partial charge in [0.05, 0.1) is 11.6 Å². The molecule has 18 heavy (non-hydrogen) atoms. The predicted octanol–water partition coefficient (Wildman–Crippen LogP) is 3.05. The van der Waals surface area contributed by atoms with Gasteiger partial charge in [-0.3, -0.25) is 0 Å². The van der Waals surface area contributed by atoms with Crippen LogP contribution < -0.4 is 5.32 Å². The number of hydrogen-bond donors (Lipinski definition) is 1. The molecule has 0 spiro atoms. The number of alkyl carbamates (subject to hydrolysis) is 1. The van der Waals surface area contributed by atoms with Crippen molar-refractivity contribution in [3.63, 3.8) is 0 Å². The Bertz CT molecular complexity index is 464. The molecule has 1 fully saturated rings. The molecule has 2 rings (SSSR count). The van der Waals surface area contributed by atoms with Gasteiger partial charge in [-0.25, -0.2) is 9.18 Å². The number of carbonyl (C=O) groups is 1. The SMILES string of the molecule is Cl.O=C1N[C@@H](c2cc(F)cc(C(F)(F)F)c2)CO1. The van der Waals surface area contributed by atoms with Crippen molar-refractivity contribution in [1.29, 1.82) is 0 Å². The third-order valence-electron chi connectivity index (χ3n) is 2.32. The summed E-state index contributed by atoms with van der Waals surface area (Å²) in [7, 11) is 0. The van der Waals surface area contributed by atoms with Crippen LogP contribution >= 0.6 is 12.4 Å². The van der Waals surface area contributed by atoms with Crippen molar-refractivity contribution in [2.45, 2.75) is 12.2 Å². The zero-order valence-corrected chi connectivity index (χ0v) is 9.57. The Labute approximate surface area is 106 Å². The quantitative estimate of drug-likeness (QED) is 0.806. The van der Waals surface area contributed by atoms with Gasteiger partial charge in [-0.15, -0.1) is 12.4 Å². The summed E-state index contributed by atoms with van der Waals surface area (Å²) in [5.41, 5.74) is -1.06. The second-order valence-corrected chi connectivity index (χ2v) is 3.57. The molecule has 1 aromatic carbocycles. The minimum Gasteiger partial charge on any atom is -0.447 e. The lowest BCUT2D eigenvalue weighted by atomic mass is 10.0. The van der Waals surface area contributed by atoms with Crippen LogP contribution in [0.1, 0.15) is 17.2 Å². The number of amides is 1. The lowest BCUT2D eigenvalue weighted by molar-refractivity contribution is -0.137. The topological polar surface area (TPSA) is 38.3 Å². The van der Waals surface area contributed by atoms with Crippen LogP contribution in [0.3, 0.4) is 0 Å². The molecule has 1 atom stereocenters. The van der Waals surface area contributed by atoms with Crippen molar-refractivity contribution < 1.29 is 27.1 Å². The summed E-state index contributed by atoms with van der Waals surface area (Å²) < 4.78 is 54.9. The number of nitrogens with one attached hydrogen (secondary N) is 1. The fourth-order valence-corrected chi connectivity index (χ4v) is 1.54. The maximum absolute atomic E-state index is 13.1. The molecule has 1 N–H and O–H groups in total. The number of benzene rings is 1. The number of cyclic esters (lactones) is 1. The van der Waals surface area contributed by atoms with E-state index in [2.05, 4.69) is 10.1 Å². The van der Waals surface area contributed by atoms with Gasteiger partial charge in [0.15, 0.2) is 0 Å². The Morgan fingerprint density at radius 1 is 1.28 bits per heavy atom. The van der Waals surface area contributed by atoms with Crippen LogP contribution in [0.25, 0.3) is 0 Å². The molecule has 1 heterocycles. The van der Waals surface area contributed by atoms with E-state index in [1.807, 2.05) is 0 Å². The molecule has 1 amide bonds.